The van der Waals surface area contributed by atoms with Gasteiger partial charge in [0.2, 0.25) is 0 Å². The molecule has 3 rings (SSSR count). The van der Waals surface area contributed by atoms with Crippen LogP contribution in [0.1, 0.15) is 42.6 Å². The Hall–Kier alpha value is -1.51. The van der Waals surface area contributed by atoms with E-state index in [-0.39, 0.29) is 0 Å². The number of nitrogens with zero attached hydrogens (tertiary/aromatic N) is 3. The molecule has 0 unspecified atom stereocenters. The summed E-state index contributed by atoms with van der Waals surface area (Å²) in [5.74, 6) is 1.59. The van der Waals surface area contributed by atoms with Crippen LogP contribution < -0.4 is 5.32 Å². The maximum absolute atomic E-state index is 12.7. The molecule has 1 N–H and O–H groups in total. The molecule has 1 aliphatic heterocycles. The fourth-order valence-corrected chi connectivity index (χ4v) is 6.11. The molecule has 2 aromatic heterocycles. The summed E-state index contributed by atoms with van der Waals surface area (Å²) in [4.78, 5) is 9.83. The predicted octanol–water partition coefficient (Wildman–Crippen LogP) is 3.24. The summed E-state index contributed by atoms with van der Waals surface area (Å²) in [6, 6.07) is 5.63. The Morgan fingerprint density at radius 3 is 2.69 bits per heavy atom. The lowest BCUT2D eigenvalue weighted by Gasteiger charge is -2.25. The van der Waals surface area contributed by atoms with Gasteiger partial charge in [0.15, 0.2) is 0 Å². The van der Waals surface area contributed by atoms with Gasteiger partial charge in [0.1, 0.15) is 15.9 Å². The van der Waals surface area contributed by atoms with Gasteiger partial charge in [0.25, 0.3) is 10.0 Å². The van der Waals surface area contributed by atoms with Crippen molar-refractivity contribution in [1.29, 1.82) is 0 Å². The second-order valence-electron chi connectivity index (χ2n) is 6.51. The van der Waals surface area contributed by atoms with Crippen LogP contribution in [0.3, 0.4) is 0 Å². The molecular weight excluding hydrogens is 368 g/mol. The number of sulfonamides is 1. The minimum atomic E-state index is -3.32. The molecule has 1 fully saturated rings. The van der Waals surface area contributed by atoms with Crippen LogP contribution in [-0.4, -0.2) is 42.3 Å². The first-order valence-electron chi connectivity index (χ1n) is 9.16. The van der Waals surface area contributed by atoms with Crippen molar-refractivity contribution in [3.8, 4) is 0 Å². The number of rotatable bonds is 7. The first kappa shape index (κ1) is 19.3. The molecule has 0 aliphatic carbocycles. The molecule has 8 heteroatoms. The van der Waals surface area contributed by atoms with Crippen LogP contribution in [0.25, 0.3) is 0 Å². The van der Waals surface area contributed by atoms with E-state index in [1.54, 1.807) is 10.4 Å². The number of hydrogen-bond acceptors (Lipinski definition) is 6. The molecule has 0 spiro atoms. The Labute approximate surface area is 159 Å². The van der Waals surface area contributed by atoms with Gasteiger partial charge in [-0.25, -0.2) is 18.4 Å². The topological polar surface area (TPSA) is 75.2 Å². The zero-order valence-corrected chi connectivity index (χ0v) is 17.0. The third-order valence-corrected chi connectivity index (χ3v) is 7.99. The van der Waals surface area contributed by atoms with Crippen molar-refractivity contribution in [2.24, 2.45) is 0 Å². The number of aromatic nitrogens is 2. The summed E-state index contributed by atoms with van der Waals surface area (Å²) >= 11 is 1.38. The highest BCUT2D eigenvalue weighted by molar-refractivity contribution is 7.91. The Morgan fingerprint density at radius 1 is 1.19 bits per heavy atom. The minimum absolute atomic E-state index is 0.459. The Morgan fingerprint density at radius 2 is 1.96 bits per heavy atom. The Bertz CT molecular complexity index is 843. The average Bonchev–Trinajstić information content (AvgIpc) is 3.12. The van der Waals surface area contributed by atoms with Crippen LogP contribution in [0, 0.1) is 6.92 Å². The van der Waals surface area contributed by atoms with E-state index in [4.69, 9.17) is 0 Å². The largest absolute Gasteiger partial charge is 0.370 e. The van der Waals surface area contributed by atoms with Crippen LogP contribution in [0.15, 0.2) is 22.4 Å². The minimum Gasteiger partial charge on any atom is -0.370 e. The number of anilines is 1. The number of hydrogen-bond donors (Lipinski definition) is 1. The third kappa shape index (κ3) is 4.61. The zero-order chi connectivity index (χ0) is 18.6. The van der Waals surface area contributed by atoms with E-state index in [2.05, 4.69) is 22.2 Å². The molecule has 0 radical (unpaired) electrons. The number of aryl methyl sites for hydroxylation is 2. The van der Waals surface area contributed by atoms with Gasteiger partial charge < -0.3 is 5.32 Å². The summed E-state index contributed by atoms with van der Waals surface area (Å²) < 4.78 is 27.5. The molecule has 0 atom stereocenters. The summed E-state index contributed by atoms with van der Waals surface area (Å²) in [6.07, 6.45) is 4.68. The molecule has 142 valence electrons. The molecule has 1 aliphatic rings. The van der Waals surface area contributed by atoms with Crippen LogP contribution in [0.5, 0.6) is 0 Å². The van der Waals surface area contributed by atoms with Crippen molar-refractivity contribution < 1.29 is 8.42 Å². The predicted molar refractivity (Wildman–Crippen MR) is 105 cm³/mol. The van der Waals surface area contributed by atoms with Crippen molar-refractivity contribution in [1.82, 2.24) is 14.3 Å². The number of thiophene rings is 1. The van der Waals surface area contributed by atoms with Gasteiger partial charge in [0, 0.05) is 36.3 Å². The normalized spacial score (nSPS) is 15.9. The average molecular weight is 395 g/mol. The van der Waals surface area contributed by atoms with Crippen molar-refractivity contribution in [2.45, 2.75) is 50.2 Å². The molecule has 0 amide bonds. The fourth-order valence-electron chi connectivity index (χ4n) is 3.08. The van der Waals surface area contributed by atoms with Crippen LogP contribution in [-0.2, 0) is 22.9 Å². The summed E-state index contributed by atoms with van der Waals surface area (Å²) in [7, 11) is -3.32. The van der Waals surface area contributed by atoms with Crippen LogP contribution >= 0.6 is 11.3 Å². The summed E-state index contributed by atoms with van der Waals surface area (Å²) in [5.41, 5.74) is 1.02. The maximum Gasteiger partial charge on any atom is 0.252 e. The van der Waals surface area contributed by atoms with E-state index in [9.17, 15) is 8.42 Å². The molecule has 0 aromatic carbocycles. The van der Waals surface area contributed by atoms with E-state index in [0.29, 0.717) is 23.8 Å². The second-order valence-corrected chi connectivity index (χ2v) is 9.84. The highest BCUT2D eigenvalue weighted by atomic mass is 32.2. The third-order valence-electron chi connectivity index (χ3n) is 4.48. The SMILES string of the molecule is CCc1cc(NCCc2ccc(S(=O)(=O)N3CCCCC3)s2)nc(C)n1. The molecule has 1 saturated heterocycles. The van der Waals surface area contributed by atoms with Gasteiger partial charge in [-0.05, 0) is 44.7 Å². The van der Waals surface area contributed by atoms with Crippen molar-refractivity contribution >= 4 is 27.2 Å². The highest BCUT2D eigenvalue weighted by Crippen LogP contribution is 2.27. The first-order valence-corrected chi connectivity index (χ1v) is 11.4. The Balaban J connectivity index is 1.59. The Kier molecular flexibility index (Phi) is 6.26. The maximum atomic E-state index is 12.7. The van der Waals surface area contributed by atoms with E-state index < -0.39 is 10.0 Å². The van der Waals surface area contributed by atoms with Crippen molar-refractivity contribution in [3.05, 3.63) is 34.6 Å². The smallest absolute Gasteiger partial charge is 0.252 e. The van der Waals surface area contributed by atoms with Gasteiger partial charge >= 0.3 is 0 Å². The highest BCUT2D eigenvalue weighted by Gasteiger charge is 2.27. The van der Waals surface area contributed by atoms with E-state index >= 15 is 0 Å². The lowest BCUT2D eigenvalue weighted by atomic mass is 10.2. The van der Waals surface area contributed by atoms with E-state index in [0.717, 1.165) is 54.3 Å². The van der Waals surface area contributed by atoms with Crippen molar-refractivity contribution in [2.75, 3.05) is 25.0 Å². The number of piperidine rings is 1. The van der Waals surface area contributed by atoms with Gasteiger partial charge in [-0.15, -0.1) is 11.3 Å². The monoisotopic (exact) mass is 394 g/mol. The first-order chi connectivity index (χ1) is 12.5. The molecule has 2 aromatic rings. The van der Waals surface area contributed by atoms with Gasteiger partial charge in [0.05, 0.1) is 0 Å². The van der Waals surface area contributed by atoms with Crippen LogP contribution in [0.4, 0.5) is 5.82 Å². The fraction of sp³-hybridized carbons (Fsp3) is 0.556. The standard InChI is InChI=1S/C18H26N4O2S2/c1-3-15-13-17(21-14(2)20-15)19-10-9-16-7-8-18(25-16)26(23,24)22-11-5-4-6-12-22/h7-8,13H,3-6,9-12H2,1-2H3,(H,19,20,21). The molecule has 26 heavy (non-hydrogen) atoms. The van der Waals surface area contributed by atoms with Gasteiger partial charge in [-0.2, -0.15) is 4.31 Å². The second kappa shape index (κ2) is 8.45. The van der Waals surface area contributed by atoms with Gasteiger partial charge in [-0.1, -0.05) is 13.3 Å². The molecule has 0 bridgehead atoms. The van der Waals surface area contributed by atoms with E-state index in [1.807, 2.05) is 19.1 Å². The van der Waals surface area contributed by atoms with Crippen molar-refractivity contribution in [3.63, 3.8) is 0 Å². The summed E-state index contributed by atoms with van der Waals surface area (Å²) in [5, 5.41) is 3.32. The molecule has 0 saturated carbocycles. The molecule has 3 heterocycles. The van der Waals surface area contributed by atoms with Gasteiger partial charge in [-0.3, -0.25) is 0 Å². The molecule has 6 nitrogen and oxygen atoms in total. The quantitative estimate of drug-likeness (QED) is 0.780. The molecular formula is C18H26N4O2S2. The van der Waals surface area contributed by atoms with Crippen LogP contribution in [0.2, 0.25) is 0 Å². The van der Waals surface area contributed by atoms with E-state index in [1.165, 1.54) is 11.3 Å². The lowest BCUT2D eigenvalue weighted by molar-refractivity contribution is 0.347. The summed E-state index contributed by atoms with van der Waals surface area (Å²) in [6.45, 7) is 5.96. The lowest BCUT2D eigenvalue weighted by Crippen LogP contribution is -2.35. The number of nitrogens with one attached hydrogen (secondary N) is 1. The zero-order valence-electron chi connectivity index (χ0n) is 15.4.